The van der Waals surface area contributed by atoms with E-state index in [0.717, 1.165) is 12.8 Å². The third-order valence-corrected chi connectivity index (χ3v) is 3.08. The standard InChI is InChI=1S/C13H25NO3/c1-14(2,3)10-12(9-13(15)16)17-11-7-5-4-6-8-11/h11-12H,4-10H2,1-3H3. The van der Waals surface area contributed by atoms with Gasteiger partial charge in [0.2, 0.25) is 0 Å². The number of hydrogen-bond acceptors (Lipinski definition) is 3. The maximum Gasteiger partial charge on any atom is 0.112 e. The lowest BCUT2D eigenvalue weighted by molar-refractivity contribution is -0.873. The molecule has 1 aliphatic carbocycles. The Kier molecular flexibility index (Phi) is 5.40. The summed E-state index contributed by atoms with van der Waals surface area (Å²) in [5, 5.41) is 10.7. The zero-order valence-corrected chi connectivity index (χ0v) is 11.3. The Morgan fingerprint density at radius 3 is 2.35 bits per heavy atom. The lowest BCUT2D eigenvalue weighted by Crippen LogP contribution is -2.45. The molecule has 0 heterocycles. The van der Waals surface area contributed by atoms with Crippen molar-refractivity contribution in [1.82, 2.24) is 0 Å². The normalized spacial score (nSPS) is 20.2. The summed E-state index contributed by atoms with van der Waals surface area (Å²) in [5.74, 6) is -1.01. The van der Waals surface area contributed by atoms with E-state index in [4.69, 9.17) is 4.74 Å². The van der Waals surface area contributed by atoms with E-state index in [2.05, 4.69) is 0 Å². The summed E-state index contributed by atoms with van der Waals surface area (Å²) in [5.41, 5.74) is 0. The van der Waals surface area contributed by atoms with Crippen molar-refractivity contribution in [2.75, 3.05) is 27.7 Å². The Morgan fingerprint density at radius 1 is 1.29 bits per heavy atom. The van der Waals surface area contributed by atoms with Crippen LogP contribution in [-0.2, 0) is 9.53 Å². The second-order valence-corrected chi connectivity index (χ2v) is 6.07. The van der Waals surface area contributed by atoms with Crippen LogP contribution in [0.4, 0.5) is 0 Å². The number of carboxylic acid groups (broad SMARTS) is 1. The first-order valence-corrected chi connectivity index (χ1v) is 6.52. The van der Waals surface area contributed by atoms with Gasteiger partial charge in [0, 0.05) is 12.4 Å². The Labute approximate surface area is 104 Å². The topological polar surface area (TPSA) is 49.4 Å². The maximum atomic E-state index is 10.7. The number of nitrogens with zero attached hydrogens (tertiary/aromatic N) is 1. The first kappa shape index (κ1) is 14.5. The Morgan fingerprint density at radius 2 is 1.88 bits per heavy atom. The summed E-state index contributed by atoms with van der Waals surface area (Å²) in [4.78, 5) is 10.7. The van der Waals surface area contributed by atoms with Gasteiger partial charge in [-0.15, -0.1) is 0 Å². The molecule has 0 aromatic carbocycles. The summed E-state index contributed by atoms with van der Waals surface area (Å²) >= 11 is 0. The fraction of sp³-hybridized carbons (Fsp3) is 0.923. The molecule has 0 bridgehead atoms. The quantitative estimate of drug-likeness (QED) is 0.640. The average Bonchev–Trinajstić information content (AvgIpc) is 2.15. The number of ether oxygens (including phenoxy) is 1. The predicted octanol–water partition coefficient (Wildman–Crippen LogP) is 0.551. The van der Waals surface area contributed by atoms with Crippen molar-refractivity contribution in [2.45, 2.75) is 50.7 Å². The van der Waals surface area contributed by atoms with E-state index in [1.54, 1.807) is 0 Å². The van der Waals surface area contributed by atoms with Crippen LogP contribution >= 0.6 is 0 Å². The van der Waals surface area contributed by atoms with Gasteiger partial charge in [-0.05, 0) is 12.8 Å². The molecule has 1 aliphatic rings. The molecule has 0 N–H and O–H groups in total. The van der Waals surface area contributed by atoms with Crippen LogP contribution in [0.2, 0.25) is 0 Å². The largest absolute Gasteiger partial charge is 0.550 e. The summed E-state index contributed by atoms with van der Waals surface area (Å²) in [6, 6.07) is 0. The van der Waals surface area contributed by atoms with Crippen LogP contribution in [0.15, 0.2) is 0 Å². The number of carbonyl (C=O) groups excluding carboxylic acids is 1. The molecule has 1 unspecified atom stereocenters. The van der Waals surface area contributed by atoms with Gasteiger partial charge in [-0.25, -0.2) is 0 Å². The highest BCUT2D eigenvalue weighted by atomic mass is 16.5. The lowest BCUT2D eigenvalue weighted by Gasteiger charge is -2.33. The number of quaternary nitrogens is 1. The highest BCUT2D eigenvalue weighted by Gasteiger charge is 2.24. The molecular formula is C13H25NO3. The van der Waals surface area contributed by atoms with E-state index in [9.17, 15) is 9.90 Å². The molecule has 0 aromatic heterocycles. The number of rotatable bonds is 6. The van der Waals surface area contributed by atoms with Crippen LogP contribution in [0.3, 0.4) is 0 Å². The molecule has 1 rings (SSSR count). The van der Waals surface area contributed by atoms with Gasteiger partial charge in [0.15, 0.2) is 0 Å². The third-order valence-electron chi connectivity index (χ3n) is 3.08. The molecule has 17 heavy (non-hydrogen) atoms. The Hall–Kier alpha value is -0.610. The smallest absolute Gasteiger partial charge is 0.112 e. The molecule has 0 spiro atoms. The summed E-state index contributed by atoms with van der Waals surface area (Å²) in [6.07, 6.45) is 5.86. The van der Waals surface area contributed by atoms with Crippen LogP contribution in [0.1, 0.15) is 38.5 Å². The van der Waals surface area contributed by atoms with E-state index in [-0.39, 0.29) is 18.6 Å². The van der Waals surface area contributed by atoms with Crippen LogP contribution in [0.5, 0.6) is 0 Å². The molecule has 0 aliphatic heterocycles. The van der Waals surface area contributed by atoms with Crippen molar-refractivity contribution in [3.05, 3.63) is 0 Å². The van der Waals surface area contributed by atoms with Crippen LogP contribution in [0.25, 0.3) is 0 Å². The fourth-order valence-corrected chi connectivity index (χ4v) is 2.43. The van der Waals surface area contributed by atoms with Gasteiger partial charge in [-0.2, -0.15) is 0 Å². The number of aliphatic carboxylic acids is 1. The molecule has 0 saturated heterocycles. The van der Waals surface area contributed by atoms with E-state index >= 15 is 0 Å². The molecule has 0 amide bonds. The van der Waals surface area contributed by atoms with Gasteiger partial charge in [-0.3, -0.25) is 0 Å². The summed E-state index contributed by atoms with van der Waals surface area (Å²) < 4.78 is 6.65. The minimum absolute atomic E-state index is 0.00597. The van der Waals surface area contributed by atoms with Crippen LogP contribution < -0.4 is 5.11 Å². The van der Waals surface area contributed by atoms with Gasteiger partial charge in [-0.1, -0.05) is 19.3 Å². The molecular weight excluding hydrogens is 218 g/mol. The molecule has 0 aromatic rings. The van der Waals surface area contributed by atoms with Gasteiger partial charge >= 0.3 is 0 Å². The number of carbonyl (C=O) groups is 1. The second-order valence-electron chi connectivity index (χ2n) is 6.07. The highest BCUT2D eigenvalue weighted by molar-refractivity contribution is 5.64. The third kappa shape index (κ3) is 6.64. The fourth-order valence-electron chi connectivity index (χ4n) is 2.43. The van der Waals surface area contributed by atoms with Crippen molar-refractivity contribution in [3.8, 4) is 0 Å². The molecule has 4 nitrogen and oxygen atoms in total. The zero-order chi connectivity index (χ0) is 12.9. The molecule has 1 fully saturated rings. The molecule has 0 radical (unpaired) electrons. The van der Waals surface area contributed by atoms with Crippen molar-refractivity contribution >= 4 is 5.97 Å². The Balaban J connectivity index is 2.46. The van der Waals surface area contributed by atoms with E-state index in [1.165, 1.54) is 19.3 Å². The number of likely N-dealkylation sites (N-methyl/N-ethyl adjacent to an activating group) is 1. The zero-order valence-electron chi connectivity index (χ0n) is 11.3. The van der Waals surface area contributed by atoms with E-state index in [1.807, 2.05) is 21.1 Å². The van der Waals surface area contributed by atoms with Crippen molar-refractivity contribution in [1.29, 1.82) is 0 Å². The molecule has 1 saturated carbocycles. The lowest BCUT2D eigenvalue weighted by atomic mass is 9.97. The van der Waals surface area contributed by atoms with E-state index in [0.29, 0.717) is 11.0 Å². The summed E-state index contributed by atoms with van der Waals surface area (Å²) in [7, 11) is 6.14. The second kappa shape index (κ2) is 6.36. The average molecular weight is 243 g/mol. The SMILES string of the molecule is C[N+](C)(C)CC(CC(=O)[O-])OC1CCCCC1. The Bertz CT molecular complexity index is 242. The van der Waals surface area contributed by atoms with Crippen molar-refractivity contribution in [3.63, 3.8) is 0 Å². The predicted molar refractivity (Wildman–Crippen MR) is 64.3 cm³/mol. The van der Waals surface area contributed by atoms with Crippen LogP contribution in [0, 0.1) is 0 Å². The van der Waals surface area contributed by atoms with Gasteiger partial charge in [0.1, 0.15) is 12.6 Å². The maximum absolute atomic E-state index is 10.7. The van der Waals surface area contributed by atoms with Crippen LogP contribution in [-0.4, -0.2) is 50.3 Å². The first-order valence-electron chi connectivity index (χ1n) is 6.52. The van der Waals surface area contributed by atoms with Crippen molar-refractivity contribution in [2.24, 2.45) is 0 Å². The van der Waals surface area contributed by atoms with E-state index < -0.39 is 5.97 Å². The minimum atomic E-state index is -1.01. The minimum Gasteiger partial charge on any atom is -0.550 e. The molecule has 100 valence electrons. The monoisotopic (exact) mass is 243 g/mol. The van der Waals surface area contributed by atoms with Gasteiger partial charge < -0.3 is 19.1 Å². The van der Waals surface area contributed by atoms with Gasteiger partial charge in [0.25, 0.3) is 0 Å². The van der Waals surface area contributed by atoms with Crippen molar-refractivity contribution < 1.29 is 19.1 Å². The van der Waals surface area contributed by atoms with Gasteiger partial charge in [0.05, 0.1) is 27.2 Å². The molecule has 4 heteroatoms. The number of carboxylic acids is 1. The molecule has 1 atom stereocenters. The number of hydrogen-bond donors (Lipinski definition) is 0. The highest BCUT2D eigenvalue weighted by Crippen LogP contribution is 2.22. The summed E-state index contributed by atoms with van der Waals surface area (Å²) in [6.45, 7) is 0.713. The first-order chi connectivity index (χ1) is 7.87.